The van der Waals surface area contributed by atoms with Crippen LogP contribution in [0.2, 0.25) is 0 Å². The largest absolute Gasteiger partial charge is 0.310 e. The summed E-state index contributed by atoms with van der Waals surface area (Å²) in [4.78, 5) is 2.48. The van der Waals surface area contributed by atoms with Crippen LogP contribution in [0.5, 0.6) is 0 Å². The number of fused-ring (bicyclic) bond motifs is 6. The standard InChI is InChI=1S/C57H41N/c1-57(2)54-18-10-9-17-52(54)53-32-30-50(37-55(53)57)58(49-28-25-41(26-29-49)45-22-19-38-11-3-6-14-42(38)33-45)56-36-47(46-23-20-39-12-4-7-15-43(39)34-46)27-31-51(56)48-24-21-40-13-5-8-16-44(40)35-48/h3-37H,1-2H3. The minimum atomic E-state index is -0.137. The first-order valence-corrected chi connectivity index (χ1v) is 20.2. The Morgan fingerprint density at radius 3 is 1.36 bits per heavy atom. The Bertz CT molecular complexity index is 3200. The lowest BCUT2D eigenvalue weighted by Crippen LogP contribution is -2.17. The second kappa shape index (κ2) is 13.5. The Labute approximate surface area is 340 Å². The molecule has 0 spiro atoms. The molecule has 0 atom stereocenters. The van der Waals surface area contributed by atoms with Gasteiger partial charge in [-0.1, -0.05) is 178 Å². The fourth-order valence-electron chi connectivity index (χ4n) is 9.30. The van der Waals surface area contributed by atoms with Crippen LogP contribution in [0.25, 0.3) is 76.8 Å². The van der Waals surface area contributed by atoms with E-state index in [1.807, 2.05) is 0 Å². The molecule has 0 radical (unpaired) electrons. The zero-order valence-electron chi connectivity index (χ0n) is 32.7. The molecule has 1 nitrogen and oxygen atoms in total. The molecule has 0 amide bonds. The van der Waals surface area contributed by atoms with Gasteiger partial charge in [-0.3, -0.25) is 0 Å². The van der Waals surface area contributed by atoms with E-state index in [-0.39, 0.29) is 5.41 Å². The number of anilines is 3. The predicted octanol–water partition coefficient (Wildman–Crippen LogP) is 15.9. The Morgan fingerprint density at radius 2 is 0.724 bits per heavy atom. The summed E-state index contributed by atoms with van der Waals surface area (Å²) in [6.45, 7) is 4.73. The van der Waals surface area contributed by atoms with Crippen molar-refractivity contribution < 1.29 is 0 Å². The van der Waals surface area contributed by atoms with Gasteiger partial charge in [-0.25, -0.2) is 0 Å². The molecule has 0 aromatic heterocycles. The maximum atomic E-state index is 2.48. The molecular formula is C57H41N. The highest BCUT2D eigenvalue weighted by atomic mass is 15.1. The third-order valence-corrected chi connectivity index (χ3v) is 12.4. The van der Waals surface area contributed by atoms with Crippen molar-refractivity contribution in [1.82, 2.24) is 0 Å². The lowest BCUT2D eigenvalue weighted by molar-refractivity contribution is 0.660. The van der Waals surface area contributed by atoms with E-state index in [2.05, 4.69) is 231 Å². The van der Waals surface area contributed by atoms with Gasteiger partial charge in [0.15, 0.2) is 0 Å². The average Bonchev–Trinajstić information content (AvgIpc) is 3.51. The average molecular weight is 740 g/mol. The highest BCUT2D eigenvalue weighted by Crippen LogP contribution is 2.51. The molecule has 0 aliphatic heterocycles. The van der Waals surface area contributed by atoms with Crippen molar-refractivity contribution in [3.63, 3.8) is 0 Å². The van der Waals surface area contributed by atoms with Gasteiger partial charge >= 0.3 is 0 Å². The zero-order valence-corrected chi connectivity index (χ0v) is 32.7. The number of hydrogen-bond donors (Lipinski definition) is 0. The Kier molecular flexibility index (Phi) is 7.91. The molecule has 274 valence electrons. The van der Waals surface area contributed by atoms with Crippen molar-refractivity contribution in [2.75, 3.05) is 4.90 Å². The summed E-state index contributed by atoms with van der Waals surface area (Å²) in [6.07, 6.45) is 0. The van der Waals surface area contributed by atoms with E-state index in [9.17, 15) is 0 Å². The highest BCUT2D eigenvalue weighted by molar-refractivity contribution is 5.97. The lowest BCUT2D eigenvalue weighted by Gasteiger charge is -2.30. The molecule has 0 heterocycles. The Morgan fingerprint density at radius 1 is 0.293 bits per heavy atom. The topological polar surface area (TPSA) is 3.24 Å². The quantitative estimate of drug-likeness (QED) is 0.164. The van der Waals surface area contributed by atoms with Gasteiger partial charge in [0.1, 0.15) is 0 Å². The fraction of sp³-hybridized carbons (Fsp3) is 0.0526. The first kappa shape index (κ1) is 34.1. The third-order valence-electron chi connectivity index (χ3n) is 12.4. The number of nitrogens with zero attached hydrogens (tertiary/aromatic N) is 1. The van der Waals surface area contributed by atoms with Gasteiger partial charge in [-0.2, -0.15) is 0 Å². The zero-order chi connectivity index (χ0) is 38.8. The van der Waals surface area contributed by atoms with Crippen LogP contribution < -0.4 is 4.90 Å². The normalized spacial score (nSPS) is 12.8. The van der Waals surface area contributed by atoms with Crippen molar-refractivity contribution in [3.8, 4) is 44.5 Å². The van der Waals surface area contributed by atoms with E-state index in [0.29, 0.717) is 0 Å². The summed E-state index contributed by atoms with van der Waals surface area (Å²) in [6, 6.07) is 78.5. The SMILES string of the molecule is CC1(C)c2ccccc2-c2ccc(N(c3ccc(-c4ccc5ccccc5c4)cc3)c3cc(-c4ccc5ccccc5c4)ccc3-c3ccc4ccccc4c3)cc21. The molecule has 1 aliphatic rings. The molecule has 1 heteroatoms. The molecule has 0 bridgehead atoms. The summed E-state index contributed by atoms with van der Waals surface area (Å²) in [5.74, 6) is 0. The molecule has 0 unspecified atom stereocenters. The van der Waals surface area contributed by atoms with Gasteiger partial charge in [-0.05, 0) is 131 Å². The van der Waals surface area contributed by atoms with Crippen molar-refractivity contribution in [1.29, 1.82) is 0 Å². The Balaban J connectivity index is 1.14. The molecule has 0 fully saturated rings. The van der Waals surface area contributed by atoms with Crippen LogP contribution in [-0.4, -0.2) is 0 Å². The molecular weight excluding hydrogens is 699 g/mol. The monoisotopic (exact) mass is 739 g/mol. The van der Waals surface area contributed by atoms with Crippen LogP contribution in [0, 0.1) is 0 Å². The van der Waals surface area contributed by atoms with Gasteiger partial charge in [0.2, 0.25) is 0 Å². The number of rotatable bonds is 6. The third kappa shape index (κ3) is 5.70. The van der Waals surface area contributed by atoms with Gasteiger partial charge < -0.3 is 4.90 Å². The van der Waals surface area contributed by atoms with Crippen molar-refractivity contribution in [2.24, 2.45) is 0 Å². The second-order valence-electron chi connectivity index (χ2n) is 16.2. The maximum Gasteiger partial charge on any atom is 0.0546 e. The van der Waals surface area contributed by atoms with Crippen molar-refractivity contribution in [3.05, 3.63) is 223 Å². The first-order valence-electron chi connectivity index (χ1n) is 20.2. The lowest BCUT2D eigenvalue weighted by atomic mass is 9.82. The molecule has 0 saturated carbocycles. The van der Waals surface area contributed by atoms with Crippen LogP contribution in [-0.2, 0) is 5.41 Å². The molecule has 58 heavy (non-hydrogen) atoms. The van der Waals surface area contributed by atoms with Crippen LogP contribution in [0.15, 0.2) is 212 Å². The maximum absolute atomic E-state index is 2.48. The van der Waals surface area contributed by atoms with Crippen LogP contribution >= 0.6 is 0 Å². The molecule has 10 aromatic rings. The van der Waals surface area contributed by atoms with Gasteiger partial charge in [0.05, 0.1) is 5.69 Å². The highest BCUT2D eigenvalue weighted by Gasteiger charge is 2.36. The van der Waals surface area contributed by atoms with E-state index >= 15 is 0 Å². The predicted molar refractivity (Wildman–Crippen MR) is 248 cm³/mol. The minimum Gasteiger partial charge on any atom is -0.310 e. The van der Waals surface area contributed by atoms with Gasteiger partial charge in [0, 0.05) is 22.4 Å². The molecule has 0 saturated heterocycles. The summed E-state index contributed by atoms with van der Waals surface area (Å²) < 4.78 is 0. The van der Waals surface area contributed by atoms with Crippen molar-refractivity contribution >= 4 is 49.4 Å². The van der Waals surface area contributed by atoms with E-state index < -0.39 is 0 Å². The van der Waals surface area contributed by atoms with Crippen LogP contribution in [0.4, 0.5) is 17.1 Å². The number of benzene rings is 10. The summed E-state index contributed by atoms with van der Waals surface area (Å²) >= 11 is 0. The fourth-order valence-corrected chi connectivity index (χ4v) is 9.30. The first-order chi connectivity index (χ1) is 28.5. The summed E-state index contributed by atoms with van der Waals surface area (Å²) in [5, 5.41) is 7.45. The summed E-state index contributed by atoms with van der Waals surface area (Å²) in [7, 11) is 0. The molecule has 0 N–H and O–H groups in total. The van der Waals surface area contributed by atoms with Crippen molar-refractivity contribution in [2.45, 2.75) is 19.3 Å². The van der Waals surface area contributed by atoms with E-state index in [1.54, 1.807) is 0 Å². The van der Waals surface area contributed by atoms with Crippen LogP contribution in [0.1, 0.15) is 25.0 Å². The van der Waals surface area contributed by atoms with Gasteiger partial charge in [0.25, 0.3) is 0 Å². The molecule has 1 aliphatic carbocycles. The molecule has 11 rings (SSSR count). The van der Waals surface area contributed by atoms with Crippen LogP contribution in [0.3, 0.4) is 0 Å². The summed E-state index contributed by atoms with van der Waals surface area (Å²) in [5.41, 5.74) is 15.8. The Hall–Kier alpha value is -7.22. The van der Waals surface area contributed by atoms with E-state index in [0.717, 1.165) is 17.1 Å². The number of hydrogen-bond acceptors (Lipinski definition) is 1. The van der Waals surface area contributed by atoms with E-state index in [4.69, 9.17) is 0 Å². The van der Waals surface area contributed by atoms with Gasteiger partial charge in [-0.15, -0.1) is 0 Å². The van der Waals surface area contributed by atoms with E-state index in [1.165, 1.54) is 88.0 Å². The minimum absolute atomic E-state index is 0.137. The molecule has 10 aromatic carbocycles. The smallest absolute Gasteiger partial charge is 0.0546 e. The second-order valence-corrected chi connectivity index (χ2v) is 16.2.